The van der Waals surface area contributed by atoms with E-state index in [4.69, 9.17) is 10.8 Å². The van der Waals surface area contributed by atoms with Crippen molar-refractivity contribution >= 4 is 19.9 Å². The molecule has 2 atom stereocenters. The molecule has 1 aliphatic rings. The molecule has 2 aromatic rings. The number of aliphatic carboxylic acids is 1. The van der Waals surface area contributed by atoms with Gasteiger partial charge in [0.05, 0.1) is 0 Å². The van der Waals surface area contributed by atoms with Gasteiger partial charge in [0.15, 0.2) is 0 Å². The Hall–Kier alpha value is -1.90. The Morgan fingerprint density at radius 1 is 1.35 bits per heavy atom. The molecule has 0 heterocycles. The van der Waals surface area contributed by atoms with E-state index in [1.54, 1.807) is 0 Å². The second-order valence-corrected chi connectivity index (χ2v) is 6.84. The van der Waals surface area contributed by atoms with Gasteiger partial charge in [0, 0.05) is 5.30 Å². The molecule has 23 heavy (non-hydrogen) atoms. The number of benzene rings is 2. The Morgan fingerprint density at radius 3 is 2.78 bits per heavy atom. The number of phenols is 1. The van der Waals surface area contributed by atoms with Crippen LogP contribution in [0.3, 0.4) is 0 Å². The van der Waals surface area contributed by atoms with Crippen molar-refractivity contribution in [2.45, 2.75) is 25.3 Å². The zero-order valence-electron chi connectivity index (χ0n) is 13.0. The van der Waals surface area contributed by atoms with Crippen molar-refractivity contribution in [3.05, 3.63) is 47.0 Å². The molecule has 4 N–H and O–H groups in total. The van der Waals surface area contributed by atoms with Crippen molar-refractivity contribution in [3.8, 4) is 16.9 Å². The van der Waals surface area contributed by atoms with Crippen LogP contribution in [-0.2, 0) is 17.6 Å². The first-order chi connectivity index (χ1) is 11.0. The lowest BCUT2D eigenvalue weighted by molar-refractivity contribution is -0.138. The molecule has 0 bridgehead atoms. The van der Waals surface area contributed by atoms with Crippen LogP contribution < -0.4 is 11.0 Å². The van der Waals surface area contributed by atoms with Gasteiger partial charge in [0.1, 0.15) is 11.8 Å². The Bertz CT molecular complexity index is 773. The summed E-state index contributed by atoms with van der Waals surface area (Å²) in [5.41, 5.74) is 11.4. The standard InChI is InChI=1S/C18H20NO3P/c1-23-17-12(6-7-15(19)18(21)22)13-8-10-4-2-3-5-11(10)14(13)9-16(17)20/h2-5,9,15,20,23H,6-8,19H2,1H3,(H,21,22)/t15-/m0/s1. The number of hydrogen-bond donors (Lipinski definition) is 3. The van der Waals surface area contributed by atoms with Crippen LogP contribution in [0.25, 0.3) is 11.1 Å². The first-order valence-electron chi connectivity index (χ1n) is 7.65. The lowest BCUT2D eigenvalue weighted by Gasteiger charge is -2.17. The summed E-state index contributed by atoms with van der Waals surface area (Å²) in [6.45, 7) is 2.03. The maximum absolute atomic E-state index is 11.0. The summed E-state index contributed by atoms with van der Waals surface area (Å²) < 4.78 is 0. The lowest BCUT2D eigenvalue weighted by Crippen LogP contribution is -2.31. The number of carboxylic acids is 1. The highest BCUT2D eigenvalue weighted by atomic mass is 31.1. The SMILES string of the molecule is CPc1c(O)cc2c(c1CC[C@H](N)C(=O)O)Cc1ccccc1-2. The van der Waals surface area contributed by atoms with E-state index in [1.807, 2.05) is 24.9 Å². The first kappa shape index (κ1) is 16.0. The van der Waals surface area contributed by atoms with E-state index in [0.29, 0.717) is 27.2 Å². The zero-order chi connectivity index (χ0) is 16.6. The minimum atomic E-state index is -0.981. The summed E-state index contributed by atoms with van der Waals surface area (Å²) >= 11 is 0. The molecular weight excluding hydrogens is 309 g/mol. The number of aromatic hydroxyl groups is 1. The molecule has 3 rings (SSSR count). The predicted molar refractivity (Wildman–Crippen MR) is 94.2 cm³/mol. The highest BCUT2D eigenvalue weighted by Gasteiger charge is 2.25. The van der Waals surface area contributed by atoms with Crippen LogP contribution in [0.1, 0.15) is 23.1 Å². The Balaban J connectivity index is 2.05. The molecule has 0 aliphatic heterocycles. The molecule has 0 radical (unpaired) electrons. The van der Waals surface area contributed by atoms with E-state index >= 15 is 0 Å². The molecule has 5 heteroatoms. The van der Waals surface area contributed by atoms with Crippen LogP contribution in [0, 0.1) is 0 Å². The van der Waals surface area contributed by atoms with Gasteiger partial charge >= 0.3 is 5.97 Å². The van der Waals surface area contributed by atoms with E-state index in [9.17, 15) is 9.90 Å². The van der Waals surface area contributed by atoms with Gasteiger partial charge in [-0.15, -0.1) is 0 Å². The number of phenolic OH excluding ortho intramolecular Hbond substituents is 1. The van der Waals surface area contributed by atoms with Crippen molar-refractivity contribution in [3.63, 3.8) is 0 Å². The van der Waals surface area contributed by atoms with E-state index in [-0.39, 0.29) is 0 Å². The Labute approximate surface area is 137 Å². The van der Waals surface area contributed by atoms with Crippen molar-refractivity contribution in [1.82, 2.24) is 0 Å². The average Bonchev–Trinajstić information content (AvgIpc) is 2.90. The third-order valence-corrected chi connectivity index (χ3v) is 5.53. The topological polar surface area (TPSA) is 83.5 Å². The molecule has 0 spiro atoms. The molecule has 1 aliphatic carbocycles. The molecule has 4 nitrogen and oxygen atoms in total. The number of hydrogen-bond acceptors (Lipinski definition) is 3. The summed E-state index contributed by atoms with van der Waals surface area (Å²) in [6, 6.07) is 9.18. The minimum Gasteiger partial charge on any atom is -0.507 e. The number of carbonyl (C=O) groups is 1. The lowest BCUT2D eigenvalue weighted by atomic mass is 9.95. The minimum absolute atomic E-state index is 0.306. The van der Waals surface area contributed by atoms with Crippen molar-refractivity contribution in [2.24, 2.45) is 5.73 Å². The van der Waals surface area contributed by atoms with E-state index in [2.05, 4.69) is 12.1 Å². The van der Waals surface area contributed by atoms with Crippen LogP contribution in [-0.4, -0.2) is 28.9 Å². The van der Waals surface area contributed by atoms with E-state index < -0.39 is 12.0 Å². The maximum Gasteiger partial charge on any atom is 0.320 e. The number of fused-ring (bicyclic) bond motifs is 3. The quantitative estimate of drug-likeness (QED) is 0.627. The van der Waals surface area contributed by atoms with Crippen molar-refractivity contribution in [1.29, 1.82) is 0 Å². The molecule has 0 fully saturated rings. The number of nitrogens with two attached hydrogens (primary N) is 1. The fourth-order valence-corrected chi connectivity index (χ4v) is 4.22. The Morgan fingerprint density at radius 2 is 2.09 bits per heavy atom. The maximum atomic E-state index is 11.0. The third-order valence-electron chi connectivity index (χ3n) is 4.48. The Kier molecular flexibility index (Phi) is 4.38. The van der Waals surface area contributed by atoms with Crippen LogP contribution >= 0.6 is 8.58 Å². The number of rotatable bonds is 5. The van der Waals surface area contributed by atoms with Crippen LogP contribution in [0.15, 0.2) is 30.3 Å². The van der Waals surface area contributed by atoms with Gasteiger partial charge in [0.2, 0.25) is 0 Å². The van der Waals surface area contributed by atoms with Gasteiger partial charge in [-0.3, -0.25) is 4.79 Å². The molecule has 120 valence electrons. The van der Waals surface area contributed by atoms with Crippen LogP contribution in [0.4, 0.5) is 0 Å². The van der Waals surface area contributed by atoms with Gasteiger partial charge in [-0.2, -0.15) is 0 Å². The fourth-order valence-electron chi connectivity index (χ4n) is 3.31. The number of carboxylic acid groups (broad SMARTS) is 1. The molecule has 2 aromatic carbocycles. The smallest absolute Gasteiger partial charge is 0.320 e. The zero-order valence-corrected chi connectivity index (χ0v) is 14.0. The van der Waals surface area contributed by atoms with Crippen molar-refractivity contribution in [2.75, 3.05) is 6.66 Å². The highest BCUT2D eigenvalue weighted by Crippen LogP contribution is 2.41. The normalized spacial score (nSPS) is 14.0. The summed E-state index contributed by atoms with van der Waals surface area (Å²) in [5, 5.41) is 20.4. The summed E-state index contributed by atoms with van der Waals surface area (Å²) in [6.07, 6.45) is 1.79. The second kappa shape index (κ2) is 6.31. The summed E-state index contributed by atoms with van der Waals surface area (Å²) in [7, 11) is 0.458. The van der Waals surface area contributed by atoms with E-state index in [1.165, 1.54) is 11.1 Å². The third kappa shape index (κ3) is 2.85. The summed E-state index contributed by atoms with van der Waals surface area (Å²) in [5.74, 6) is -0.675. The molecule has 0 saturated heterocycles. The van der Waals surface area contributed by atoms with Crippen LogP contribution in [0.2, 0.25) is 0 Å². The molecule has 1 unspecified atom stereocenters. The highest BCUT2D eigenvalue weighted by molar-refractivity contribution is 7.46. The van der Waals surface area contributed by atoms with Gasteiger partial charge in [0.25, 0.3) is 0 Å². The molecule has 0 aromatic heterocycles. The summed E-state index contributed by atoms with van der Waals surface area (Å²) in [4.78, 5) is 11.0. The average molecular weight is 329 g/mol. The molecular formula is C18H20NO3P. The monoisotopic (exact) mass is 329 g/mol. The van der Waals surface area contributed by atoms with Gasteiger partial charge in [-0.05, 0) is 59.8 Å². The van der Waals surface area contributed by atoms with E-state index in [0.717, 1.165) is 28.4 Å². The fraction of sp³-hybridized carbons (Fsp3) is 0.278. The largest absolute Gasteiger partial charge is 0.507 e. The molecule has 0 amide bonds. The second-order valence-electron chi connectivity index (χ2n) is 5.84. The molecule has 0 saturated carbocycles. The first-order valence-corrected chi connectivity index (χ1v) is 9.15. The van der Waals surface area contributed by atoms with Gasteiger partial charge in [-0.25, -0.2) is 0 Å². The van der Waals surface area contributed by atoms with Gasteiger partial charge < -0.3 is 15.9 Å². The van der Waals surface area contributed by atoms with Crippen molar-refractivity contribution < 1.29 is 15.0 Å². The van der Waals surface area contributed by atoms with Crippen LogP contribution in [0.5, 0.6) is 5.75 Å². The predicted octanol–water partition coefficient (Wildman–Crippen LogP) is 2.24. The van der Waals surface area contributed by atoms with Gasteiger partial charge in [-0.1, -0.05) is 32.8 Å².